The fourth-order valence-corrected chi connectivity index (χ4v) is 2.38. The summed E-state index contributed by atoms with van der Waals surface area (Å²) in [5.74, 6) is 0. The first kappa shape index (κ1) is 12.4. The van der Waals surface area contributed by atoms with E-state index in [1.165, 1.54) is 0 Å². The summed E-state index contributed by atoms with van der Waals surface area (Å²) < 4.78 is 12.1. The minimum atomic E-state index is -0.417. The summed E-state index contributed by atoms with van der Waals surface area (Å²) in [5.41, 5.74) is -0.417. The number of nitrogens with zero attached hydrogens (tertiary/aromatic N) is 1. The zero-order chi connectivity index (χ0) is 11.9. The molecule has 0 aromatic rings. The van der Waals surface area contributed by atoms with Gasteiger partial charge in [-0.05, 0) is 27.2 Å². The van der Waals surface area contributed by atoms with Crippen LogP contribution in [0.15, 0.2) is 0 Å². The van der Waals surface area contributed by atoms with Gasteiger partial charge in [-0.2, -0.15) is 0 Å². The molecule has 4 nitrogen and oxygen atoms in total. The lowest BCUT2D eigenvalue weighted by molar-refractivity contribution is -0.0365. The van der Waals surface area contributed by atoms with Gasteiger partial charge in [0, 0.05) is 4.43 Å². The van der Waals surface area contributed by atoms with Crippen molar-refractivity contribution in [3.63, 3.8) is 0 Å². The third-order valence-electron chi connectivity index (χ3n) is 2.67. The maximum Gasteiger partial charge on any atom is 0.410 e. The highest BCUT2D eigenvalue weighted by molar-refractivity contribution is 14.1. The van der Waals surface area contributed by atoms with E-state index < -0.39 is 5.60 Å². The Bertz CT molecular complexity index is 289. The third-order valence-corrected chi connectivity index (χ3v) is 3.65. The van der Waals surface area contributed by atoms with Gasteiger partial charge in [0.15, 0.2) is 0 Å². The van der Waals surface area contributed by atoms with Crippen LogP contribution in [0.5, 0.6) is 0 Å². The first-order chi connectivity index (χ1) is 7.40. The highest BCUT2D eigenvalue weighted by Crippen LogP contribution is 2.37. The SMILES string of the molecule is CC(C)(C)OC(=O)N1C[C@@H](CI)OC2CC21. The van der Waals surface area contributed by atoms with Crippen LogP contribution in [0.3, 0.4) is 0 Å². The second kappa shape index (κ2) is 4.33. The van der Waals surface area contributed by atoms with Crippen molar-refractivity contribution in [3.8, 4) is 0 Å². The molecule has 92 valence electrons. The van der Waals surface area contributed by atoms with Gasteiger partial charge < -0.3 is 9.47 Å². The molecule has 16 heavy (non-hydrogen) atoms. The zero-order valence-corrected chi connectivity index (χ0v) is 12.1. The molecule has 0 bridgehead atoms. The van der Waals surface area contributed by atoms with Gasteiger partial charge in [0.1, 0.15) is 5.60 Å². The van der Waals surface area contributed by atoms with Gasteiger partial charge in [-0.25, -0.2) is 4.79 Å². The van der Waals surface area contributed by atoms with Crippen molar-refractivity contribution in [2.45, 2.75) is 51.0 Å². The molecule has 1 heterocycles. The molecule has 0 aromatic carbocycles. The molecular formula is C11H18INO3. The summed E-state index contributed by atoms with van der Waals surface area (Å²) >= 11 is 2.29. The molecule has 2 rings (SSSR count). The Morgan fingerprint density at radius 3 is 2.81 bits per heavy atom. The Morgan fingerprint density at radius 2 is 2.25 bits per heavy atom. The van der Waals surface area contributed by atoms with Crippen LogP contribution >= 0.6 is 22.6 Å². The molecule has 1 saturated heterocycles. The molecule has 1 saturated carbocycles. The summed E-state index contributed by atoms with van der Waals surface area (Å²) in [6.07, 6.45) is 1.18. The van der Waals surface area contributed by atoms with E-state index in [9.17, 15) is 4.79 Å². The fourth-order valence-electron chi connectivity index (χ4n) is 1.89. The van der Waals surface area contributed by atoms with Gasteiger partial charge in [0.25, 0.3) is 0 Å². The third kappa shape index (κ3) is 2.80. The molecule has 5 heteroatoms. The van der Waals surface area contributed by atoms with Gasteiger partial charge in [-0.1, -0.05) is 22.6 Å². The summed E-state index contributed by atoms with van der Waals surface area (Å²) in [6.45, 7) is 6.35. The molecule has 0 spiro atoms. The number of alkyl halides is 1. The molecule has 3 atom stereocenters. The van der Waals surface area contributed by atoms with Gasteiger partial charge in [-0.15, -0.1) is 0 Å². The fraction of sp³-hybridized carbons (Fsp3) is 0.909. The van der Waals surface area contributed by atoms with Gasteiger partial charge >= 0.3 is 6.09 Å². The van der Waals surface area contributed by atoms with Gasteiger partial charge in [0.2, 0.25) is 0 Å². The average molecular weight is 339 g/mol. The minimum Gasteiger partial charge on any atom is -0.444 e. The van der Waals surface area contributed by atoms with Crippen molar-refractivity contribution in [1.82, 2.24) is 4.90 Å². The summed E-state index contributed by atoms with van der Waals surface area (Å²) in [6, 6.07) is 0.258. The Hall–Kier alpha value is -0.0400. The lowest BCUT2D eigenvalue weighted by Crippen LogP contribution is -2.48. The molecule has 2 unspecified atom stereocenters. The predicted molar refractivity (Wildman–Crippen MR) is 68.9 cm³/mol. The van der Waals surface area contributed by atoms with E-state index in [1.807, 2.05) is 25.7 Å². The minimum absolute atomic E-state index is 0.164. The Kier molecular flexibility index (Phi) is 3.36. The van der Waals surface area contributed by atoms with Crippen LogP contribution in [0.2, 0.25) is 0 Å². The van der Waals surface area contributed by atoms with E-state index in [0.717, 1.165) is 10.8 Å². The number of hydrogen-bond donors (Lipinski definition) is 0. The van der Waals surface area contributed by atoms with Crippen LogP contribution in [0.25, 0.3) is 0 Å². The number of morpholine rings is 1. The van der Waals surface area contributed by atoms with Crippen molar-refractivity contribution >= 4 is 28.7 Å². The van der Waals surface area contributed by atoms with Crippen LogP contribution < -0.4 is 0 Å². The smallest absolute Gasteiger partial charge is 0.410 e. The zero-order valence-electron chi connectivity index (χ0n) is 9.90. The molecule has 0 radical (unpaired) electrons. The number of amides is 1. The number of hydrogen-bond acceptors (Lipinski definition) is 3. The molecule has 0 N–H and O–H groups in total. The normalized spacial score (nSPS) is 33.2. The monoisotopic (exact) mass is 339 g/mol. The van der Waals surface area contributed by atoms with E-state index >= 15 is 0 Å². The van der Waals surface area contributed by atoms with Crippen LogP contribution in [-0.2, 0) is 9.47 Å². The standard InChI is InChI=1S/C11H18INO3/c1-11(2,3)16-10(14)13-6-7(5-12)15-9-4-8(9)13/h7-9H,4-6H2,1-3H3/t7-,8?,9?/m1/s1. The molecular weight excluding hydrogens is 321 g/mol. The Morgan fingerprint density at radius 1 is 1.56 bits per heavy atom. The van der Waals surface area contributed by atoms with E-state index in [-0.39, 0.29) is 24.3 Å². The number of fused-ring (bicyclic) bond motifs is 1. The van der Waals surface area contributed by atoms with E-state index in [2.05, 4.69) is 22.6 Å². The Labute approximate surface area is 110 Å². The summed E-state index contributed by atoms with van der Waals surface area (Å²) in [4.78, 5) is 13.8. The first-order valence-electron chi connectivity index (χ1n) is 5.62. The first-order valence-corrected chi connectivity index (χ1v) is 7.14. The Balaban J connectivity index is 1.96. The van der Waals surface area contributed by atoms with Crippen LogP contribution in [0, 0.1) is 0 Å². The lowest BCUT2D eigenvalue weighted by Gasteiger charge is -2.33. The molecule has 1 aliphatic heterocycles. The number of carbonyl (C=O) groups is 1. The number of rotatable bonds is 1. The predicted octanol–water partition coefficient (Wildman–Crippen LogP) is 2.20. The van der Waals surface area contributed by atoms with Gasteiger partial charge in [0.05, 0.1) is 24.8 Å². The van der Waals surface area contributed by atoms with Crippen LogP contribution in [0.1, 0.15) is 27.2 Å². The molecule has 2 fully saturated rings. The summed E-state index contributed by atoms with van der Waals surface area (Å²) in [7, 11) is 0. The molecule has 1 aliphatic carbocycles. The highest BCUT2D eigenvalue weighted by atomic mass is 127. The van der Waals surface area contributed by atoms with Crippen molar-refractivity contribution in [3.05, 3.63) is 0 Å². The van der Waals surface area contributed by atoms with Crippen molar-refractivity contribution in [2.75, 3.05) is 11.0 Å². The van der Waals surface area contributed by atoms with Crippen molar-refractivity contribution < 1.29 is 14.3 Å². The number of ether oxygens (including phenoxy) is 2. The maximum absolute atomic E-state index is 12.0. The average Bonchev–Trinajstić information content (AvgIpc) is 2.91. The number of halogens is 1. The maximum atomic E-state index is 12.0. The molecule has 2 aliphatic rings. The largest absolute Gasteiger partial charge is 0.444 e. The van der Waals surface area contributed by atoms with Gasteiger partial charge in [-0.3, -0.25) is 4.90 Å². The highest BCUT2D eigenvalue weighted by Gasteiger charge is 2.51. The van der Waals surface area contributed by atoms with Crippen LogP contribution in [-0.4, -0.2) is 45.8 Å². The topological polar surface area (TPSA) is 38.8 Å². The second-order valence-corrected chi connectivity index (χ2v) is 6.27. The quantitative estimate of drug-likeness (QED) is 0.543. The molecule has 1 amide bonds. The van der Waals surface area contributed by atoms with Crippen molar-refractivity contribution in [1.29, 1.82) is 0 Å². The number of carbonyl (C=O) groups excluding carboxylic acids is 1. The van der Waals surface area contributed by atoms with Crippen molar-refractivity contribution in [2.24, 2.45) is 0 Å². The molecule has 0 aromatic heterocycles. The summed E-state index contributed by atoms with van der Waals surface area (Å²) in [5, 5.41) is 0. The second-order valence-electron chi connectivity index (χ2n) is 5.39. The van der Waals surface area contributed by atoms with E-state index in [4.69, 9.17) is 9.47 Å². The lowest BCUT2D eigenvalue weighted by atomic mass is 10.2. The van der Waals surface area contributed by atoms with E-state index in [0.29, 0.717) is 6.54 Å². The van der Waals surface area contributed by atoms with Crippen LogP contribution in [0.4, 0.5) is 4.79 Å². The van der Waals surface area contributed by atoms with E-state index in [1.54, 1.807) is 0 Å².